The minimum Gasteiger partial charge on any atom is -0.497 e. The number of aromatic nitrogens is 2. The lowest BCUT2D eigenvalue weighted by Gasteiger charge is -2.27. The predicted octanol–water partition coefficient (Wildman–Crippen LogP) is 2.51. The number of methoxy groups -OCH3 is 1. The minimum absolute atomic E-state index is 0.526. The van der Waals surface area contributed by atoms with Crippen molar-refractivity contribution in [3.05, 3.63) is 41.1 Å². The highest BCUT2D eigenvalue weighted by Gasteiger charge is 2.29. The maximum absolute atomic E-state index is 5.75. The lowest BCUT2D eigenvalue weighted by atomic mass is 9.99. The Kier molecular flexibility index (Phi) is 3.15. The molecule has 0 atom stereocenters. The first-order valence-electron chi connectivity index (χ1n) is 7.52. The molecule has 5 heteroatoms. The molecule has 1 saturated carbocycles. The predicted molar refractivity (Wildman–Crippen MR) is 77.1 cm³/mol. The average Bonchev–Trinajstić information content (AvgIpc) is 3.27. The molecule has 2 aromatic rings. The number of hydrogen-bond donors (Lipinski definition) is 0. The third-order valence-electron chi connectivity index (χ3n) is 4.27. The largest absolute Gasteiger partial charge is 0.497 e. The zero-order valence-corrected chi connectivity index (χ0v) is 12.2. The van der Waals surface area contributed by atoms with Gasteiger partial charge in [-0.1, -0.05) is 6.07 Å². The number of benzene rings is 1. The first-order chi connectivity index (χ1) is 10.3. The van der Waals surface area contributed by atoms with Gasteiger partial charge in [0.2, 0.25) is 11.8 Å². The van der Waals surface area contributed by atoms with Crippen LogP contribution in [0.2, 0.25) is 0 Å². The highest BCUT2D eigenvalue weighted by Crippen LogP contribution is 2.39. The van der Waals surface area contributed by atoms with Crippen molar-refractivity contribution in [3.63, 3.8) is 0 Å². The fraction of sp³-hybridized carbons (Fsp3) is 0.500. The molecular formula is C16H19N3O2. The third-order valence-corrected chi connectivity index (χ3v) is 4.27. The summed E-state index contributed by atoms with van der Waals surface area (Å²) in [7, 11) is 1.71. The molecule has 1 fully saturated rings. The van der Waals surface area contributed by atoms with Gasteiger partial charge in [-0.3, -0.25) is 4.90 Å². The summed E-state index contributed by atoms with van der Waals surface area (Å²) in [6.07, 6.45) is 3.44. The Bertz CT molecular complexity index is 649. The number of nitrogens with zero attached hydrogens (tertiary/aromatic N) is 3. The number of rotatable bonds is 4. The molecule has 4 rings (SSSR count). The van der Waals surface area contributed by atoms with Crippen molar-refractivity contribution in [1.82, 2.24) is 15.1 Å². The van der Waals surface area contributed by atoms with E-state index in [0.717, 1.165) is 43.6 Å². The smallest absolute Gasteiger partial charge is 0.230 e. The van der Waals surface area contributed by atoms with Crippen LogP contribution < -0.4 is 4.74 Å². The van der Waals surface area contributed by atoms with Gasteiger partial charge < -0.3 is 9.15 Å². The molecule has 0 saturated heterocycles. The molecule has 0 radical (unpaired) electrons. The van der Waals surface area contributed by atoms with Crippen molar-refractivity contribution in [2.45, 2.75) is 38.3 Å². The lowest BCUT2D eigenvalue weighted by molar-refractivity contribution is 0.219. The standard InChI is InChI=1S/C16H19N3O2/c1-20-14-5-4-11-6-7-19(9-13(11)8-14)10-15-17-18-16(21-15)12-2-3-12/h4-5,8,12H,2-3,6-7,9-10H2,1H3. The molecule has 0 N–H and O–H groups in total. The first kappa shape index (κ1) is 12.8. The summed E-state index contributed by atoms with van der Waals surface area (Å²) in [4.78, 5) is 2.35. The molecule has 0 unspecified atom stereocenters. The van der Waals surface area contributed by atoms with Crippen LogP contribution in [0.1, 0.15) is 41.7 Å². The van der Waals surface area contributed by atoms with E-state index in [0.29, 0.717) is 5.92 Å². The Labute approximate surface area is 123 Å². The van der Waals surface area contributed by atoms with Gasteiger partial charge in [-0.2, -0.15) is 0 Å². The van der Waals surface area contributed by atoms with Gasteiger partial charge in [-0.25, -0.2) is 0 Å². The normalized spacial score (nSPS) is 18.5. The Morgan fingerprint density at radius 2 is 2.19 bits per heavy atom. The molecule has 1 aliphatic heterocycles. The molecule has 5 nitrogen and oxygen atoms in total. The number of fused-ring (bicyclic) bond motifs is 1. The molecular weight excluding hydrogens is 266 g/mol. The summed E-state index contributed by atoms with van der Waals surface area (Å²) in [6.45, 7) is 2.67. The van der Waals surface area contributed by atoms with Crippen LogP contribution >= 0.6 is 0 Å². The fourth-order valence-corrected chi connectivity index (χ4v) is 2.87. The quantitative estimate of drug-likeness (QED) is 0.864. The molecule has 0 bridgehead atoms. The lowest BCUT2D eigenvalue weighted by Crippen LogP contribution is -2.30. The van der Waals surface area contributed by atoms with Crippen molar-refractivity contribution in [1.29, 1.82) is 0 Å². The summed E-state index contributed by atoms with van der Waals surface area (Å²) in [5, 5.41) is 8.33. The van der Waals surface area contributed by atoms with Gasteiger partial charge >= 0.3 is 0 Å². The van der Waals surface area contributed by atoms with Crippen molar-refractivity contribution < 1.29 is 9.15 Å². The van der Waals surface area contributed by atoms with Crippen molar-refractivity contribution in [2.24, 2.45) is 0 Å². The Balaban J connectivity index is 1.46. The van der Waals surface area contributed by atoms with Gasteiger partial charge in [-0.05, 0) is 42.5 Å². The maximum atomic E-state index is 5.75. The van der Waals surface area contributed by atoms with E-state index >= 15 is 0 Å². The van der Waals surface area contributed by atoms with Crippen LogP contribution in [-0.4, -0.2) is 28.8 Å². The third kappa shape index (κ3) is 2.65. The van der Waals surface area contributed by atoms with E-state index in [4.69, 9.17) is 9.15 Å². The topological polar surface area (TPSA) is 51.4 Å². The van der Waals surface area contributed by atoms with Crippen LogP contribution in [0.5, 0.6) is 5.75 Å². The van der Waals surface area contributed by atoms with E-state index in [1.165, 1.54) is 24.0 Å². The second-order valence-electron chi connectivity index (χ2n) is 5.90. The average molecular weight is 285 g/mol. The van der Waals surface area contributed by atoms with Gasteiger partial charge in [0.15, 0.2) is 0 Å². The van der Waals surface area contributed by atoms with Gasteiger partial charge in [0, 0.05) is 19.0 Å². The van der Waals surface area contributed by atoms with Crippen LogP contribution in [0.25, 0.3) is 0 Å². The van der Waals surface area contributed by atoms with Crippen LogP contribution in [0.4, 0.5) is 0 Å². The first-order valence-corrected chi connectivity index (χ1v) is 7.52. The number of hydrogen-bond acceptors (Lipinski definition) is 5. The van der Waals surface area contributed by atoms with E-state index in [-0.39, 0.29) is 0 Å². The SMILES string of the molecule is COc1ccc2c(c1)CN(Cc1nnc(C3CC3)o1)CC2. The second kappa shape index (κ2) is 5.15. The van der Waals surface area contributed by atoms with E-state index in [9.17, 15) is 0 Å². The monoisotopic (exact) mass is 285 g/mol. The molecule has 0 spiro atoms. The molecule has 110 valence electrons. The van der Waals surface area contributed by atoms with Gasteiger partial charge in [0.05, 0.1) is 13.7 Å². The van der Waals surface area contributed by atoms with Crippen LogP contribution in [0.15, 0.2) is 22.6 Å². The summed E-state index contributed by atoms with van der Waals surface area (Å²) in [5.74, 6) is 3.01. The Morgan fingerprint density at radius 1 is 1.29 bits per heavy atom. The van der Waals surface area contributed by atoms with Crippen LogP contribution in [0, 0.1) is 0 Å². The fourth-order valence-electron chi connectivity index (χ4n) is 2.87. The summed E-state index contributed by atoms with van der Waals surface area (Å²) in [6, 6.07) is 6.34. The minimum atomic E-state index is 0.526. The molecule has 1 aromatic heterocycles. The molecule has 0 amide bonds. The molecule has 2 heterocycles. The summed E-state index contributed by atoms with van der Waals surface area (Å²) >= 11 is 0. The Hall–Kier alpha value is -1.88. The number of ether oxygens (including phenoxy) is 1. The van der Waals surface area contributed by atoms with Crippen LogP contribution in [-0.2, 0) is 19.5 Å². The van der Waals surface area contributed by atoms with E-state index in [1.807, 2.05) is 6.07 Å². The van der Waals surface area contributed by atoms with E-state index < -0.39 is 0 Å². The zero-order chi connectivity index (χ0) is 14.2. The van der Waals surface area contributed by atoms with Gasteiger partial charge in [0.25, 0.3) is 0 Å². The van der Waals surface area contributed by atoms with E-state index in [2.05, 4.69) is 27.2 Å². The van der Waals surface area contributed by atoms with Gasteiger partial charge in [0.1, 0.15) is 5.75 Å². The highest BCUT2D eigenvalue weighted by atomic mass is 16.5. The molecule has 1 aliphatic carbocycles. The van der Waals surface area contributed by atoms with Crippen molar-refractivity contribution >= 4 is 0 Å². The molecule has 2 aliphatic rings. The molecule has 21 heavy (non-hydrogen) atoms. The summed E-state index contributed by atoms with van der Waals surface area (Å²) < 4.78 is 11.1. The molecule has 1 aromatic carbocycles. The van der Waals surface area contributed by atoms with Crippen LogP contribution in [0.3, 0.4) is 0 Å². The zero-order valence-electron chi connectivity index (χ0n) is 12.2. The van der Waals surface area contributed by atoms with Crippen molar-refractivity contribution in [3.8, 4) is 5.75 Å². The van der Waals surface area contributed by atoms with Gasteiger partial charge in [-0.15, -0.1) is 10.2 Å². The second-order valence-corrected chi connectivity index (χ2v) is 5.90. The van der Waals surface area contributed by atoms with Crippen molar-refractivity contribution in [2.75, 3.05) is 13.7 Å². The van der Waals surface area contributed by atoms with E-state index in [1.54, 1.807) is 7.11 Å². The summed E-state index contributed by atoms with van der Waals surface area (Å²) in [5.41, 5.74) is 2.75. The Morgan fingerprint density at radius 3 is 3.00 bits per heavy atom. The maximum Gasteiger partial charge on any atom is 0.230 e. The highest BCUT2D eigenvalue weighted by molar-refractivity contribution is 5.37.